The summed E-state index contributed by atoms with van der Waals surface area (Å²) in [7, 11) is 2.61. The number of rotatable bonds is 4. The number of esters is 2. The molecule has 152 valence electrons. The monoisotopic (exact) mass is 460 g/mol. The fourth-order valence-corrected chi connectivity index (χ4v) is 3.84. The van der Waals surface area contributed by atoms with Crippen LogP contribution in [-0.2, 0) is 19.1 Å². The summed E-state index contributed by atoms with van der Waals surface area (Å²) in [6, 6.07) is 7.54. The smallest absolute Gasteiger partial charge is 0.336 e. The molecular formula is C21H21BrN2O5. The van der Waals surface area contributed by atoms with Gasteiger partial charge in [0.15, 0.2) is 0 Å². The molecule has 0 spiro atoms. The minimum absolute atomic E-state index is 0.308. The maximum atomic E-state index is 12.7. The van der Waals surface area contributed by atoms with E-state index in [0.717, 1.165) is 10.0 Å². The number of carbonyl (C=O) groups excluding carboxylic acids is 2. The molecule has 1 aliphatic rings. The Morgan fingerprint density at radius 2 is 1.52 bits per heavy atom. The van der Waals surface area contributed by atoms with Crippen molar-refractivity contribution in [3.8, 4) is 11.3 Å². The van der Waals surface area contributed by atoms with Crippen molar-refractivity contribution in [2.45, 2.75) is 26.7 Å². The number of benzene rings is 1. The Hall–Kier alpha value is -2.87. The molecule has 0 unspecified atom stereocenters. The third kappa shape index (κ3) is 3.72. The van der Waals surface area contributed by atoms with Crippen LogP contribution in [0.5, 0.6) is 0 Å². The number of ether oxygens (including phenoxy) is 2. The van der Waals surface area contributed by atoms with E-state index < -0.39 is 17.9 Å². The number of hydrogen-bond acceptors (Lipinski definition) is 7. The average molecular weight is 461 g/mol. The first kappa shape index (κ1) is 20.9. The van der Waals surface area contributed by atoms with Gasteiger partial charge in [0.05, 0.1) is 31.3 Å². The Morgan fingerprint density at radius 3 is 2.00 bits per heavy atom. The number of aromatic nitrogens is 1. The van der Waals surface area contributed by atoms with Gasteiger partial charge in [0.2, 0.25) is 0 Å². The summed E-state index contributed by atoms with van der Waals surface area (Å²) in [5, 5.41) is 7.31. The lowest BCUT2D eigenvalue weighted by Crippen LogP contribution is -2.32. The molecule has 0 aliphatic carbocycles. The number of dihydropyridines is 1. The summed E-state index contributed by atoms with van der Waals surface area (Å²) < 4.78 is 16.4. The van der Waals surface area contributed by atoms with Crippen molar-refractivity contribution < 1.29 is 23.6 Å². The van der Waals surface area contributed by atoms with Gasteiger partial charge in [-0.25, -0.2) is 9.59 Å². The van der Waals surface area contributed by atoms with E-state index in [1.54, 1.807) is 20.8 Å². The zero-order chi connectivity index (χ0) is 21.3. The van der Waals surface area contributed by atoms with Crippen LogP contribution in [0, 0.1) is 6.92 Å². The van der Waals surface area contributed by atoms with E-state index in [4.69, 9.17) is 14.0 Å². The Morgan fingerprint density at radius 1 is 1.00 bits per heavy atom. The van der Waals surface area contributed by atoms with Crippen molar-refractivity contribution in [1.29, 1.82) is 0 Å². The second kappa shape index (κ2) is 8.24. The maximum Gasteiger partial charge on any atom is 0.336 e. The topological polar surface area (TPSA) is 90.7 Å². The summed E-state index contributed by atoms with van der Waals surface area (Å²) in [6.45, 7) is 5.28. The van der Waals surface area contributed by atoms with Crippen molar-refractivity contribution in [1.82, 2.24) is 10.5 Å². The second-order valence-corrected chi connectivity index (χ2v) is 7.54. The van der Waals surface area contributed by atoms with Crippen LogP contribution >= 0.6 is 15.9 Å². The van der Waals surface area contributed by atoms with Crippen LogP contribution in [0.25, 0.3) is 11.3 Å². The summed E-state index contributed by atoms with van der Waals surface area (Å²) in [4.78, 5) is 25.4. The predicted octanol–water partition coefficient (Wildman–Crippen LogP) is 3.99. The molecule has 1 aliphatic heterocycles. The number of halogens is 1. The SMILES string of the molecule is COC(=O)C1=C(C)NC(C)=C(C(=O)OC)C1c1c(-c2ccc(Br)cc2)noc1C. The van der Waals surface area contributed by atoms with Gasteiger partial charge in [-0.15, -0.1) is 0 Å². The molecule has 2 aromatic rings. The quantitative estimate of drug-likeness (QED) is 0.689. The normalized spacial score (nSPS) is 14.7. The van der Waals surface area contributed by atoms with Crippen LogP contribution < -0.4 is 5.32 Å². The summed E-state index contributed by atoms with van der Waals surface area (Å²) in [5.41, 5.74) is 3.76. The fourth-order valence-electron chi connectivity index (χ4n) is 3.58. The van der Waals surface area contributed by atoms with Crippen molar-refractivity contribution in [3.63, 3.8) is 0 Å². The zero-order valence-electron chi connectivity index (χ0n) is 16.8. The predicted molar refractivity (Wildman–Crippen MR) is 110 cm³/mol. The van der Waals surface area contributed by atoms with Crippen molar-refractivity contribution in [2.24, 2.45) is 0 Å². The molecule has 1 aromatic carbocycles. The number of methoxy groups -OCH3 is 2. The Bertz CT molecular complexity index is 996. The highest BCUT2D eigenvalue weighted by atomic mass is 79.9. The molecule has 8 heteroatoms. The molecule has 0 bridgehead atoms. The summed E-state index contributed by atoms with van der Waals surface area (Å²) in [6.07, 6.45) is 0. The largest absolute Gasteiger partial charge is 0.466 e. The summed E-state index contributed by atoms with van der Waals surface area (Å²) >= 11 is 3.42. The highest BCUT2D eigenvalue weighted by Gasteiger charge is 2.41. The Balaban J connectivity index is 2.30. The van der Waals surface area contributed by atoms with Gasteiger partial charge in [0.25, 0.3) is 0 Å². The fraction of sp³-hybridized carbons (Fsp3) is 0.286. The summed E-state index contributed by atoms with van der Waals surface area (Å²) in [5.74, 6) is -1.34. The first-order chi connectivity index (χ1) is 13.8. The molecule has 1 N–H and O–H groups in total. The van der Waals surface area contributed by atoms with Gasteiger partial charge in [0, 0.05) is 27.0 Å². The third-order valence-electron chi connectivity index (χ3n) is 4.89. The molecule has 0 atom stereocenters. The lowest BCUT2D eigenvalue weighted by molar-refractivity contribution is -0.137. The standard InChI is InChI=1S/C21H21BrN2O5/c1-10-15(20(25)27-4)18(16(11(2)23-10)21(26)28-5)17-12(3)29-24-19(17)13-6-8-14(22)9-7-13/h6-9,18,23H,1-5H3. The van der Waals surface area contributed by atoms with Gasteiger partial charge in [-0.1, -0.05) is 33.2 Å². The minimum Gasteiger partial charge on any atom is -0.466 e. The third-order valence-corrected chi connectivity index (χ3v) is 5.41. The first-order valence-corrected chi connectivity index (χ1v) is 9.66. The van der Waals surface area contributed by atoms with Gasteiger partial charge >= 0.3 is 11.9 Å². The van der Waals surface area contributed by atoms with Crippen molar-refractivity contribution >= 4 is 27.9 Å². The lowest BCUT2D eigenvalue weighted by Gasteiger charge is -2.29. The Labute approximate surface area is 176 Å². The van der Waals surface area contributed by atoms with E-state index in [1.807, 2.05) is 24.3 Å². The first-order valence-electron chi connectivity index (χ1n) is 8.87. The highest BCUT2D eigenvalue weighted by molar-refractivity contribution is 9.10. The maximum absolute atomic E-state index is 12.7. The van der Waals surface area contributed by atoms with Gasteiger partial charge in [0.1, 0.15) is 11.5 Å². The minimum atomic E-state index is -0.749. The van der Waals surface area contributed by atoms with Gasteiger partial charge in [-0.2, -0.15) is 0 Å². The molecular weight excluding hydrogens is 440 g/mol. The molecule has 1 aromatic heterocycles. The van der Waals surface area contributed by atoms with Crippen LogP contribution in [0.1, 0.15) is 31.1 Å². The van der Waals surface area contributed by atoms with E-state index in [-0.39, 0.29) is 0 Å². The Kier molecular flexibility index (Phi) is 5.93. The number of allylic oxidation sites excluding steroid dienone is 2. The van der Waals surface area contributed by atoms with Crippen LogP contribution in [0.3, 0.4) is 0 Å². The molecule has 0 saturated heterocycles. The van der Waals surface area contributed by atoms with Crippen molar-refractivity contribution in [2.75, 3.05) is 14.2 Å². The number of aryl methyl sites for hydroxylation is 1. The van der Waals surface area contributed by atoms with Gasteiger partial charge < -0.3 is 19.3 Å². The molecule has 7 nitrogen and oxygen atoms in total. The molecule has 3 rings (SSSR count). The van der Waals surface area contributed by atoms with Gasteiger partial charge in [-0.3, -0.25) is 0 Å². The zero-order valence-corrected chi connectivity index (χ0v) is 18.3. The van der Waals surface area contributed by atoms with E-state index in [9.17, 15) is 9.59 Å². The van der Waals surface area contributed by atoms with Crippen LogP contribution in [0.4, 0.5) is 0 Å². The van der Waals surface area contributed by atoms with E-state index in [1.165, 1.54) is 14.2 Å². The van der Waals surface area contributed by atoms with Gasteiger partial charge in [-0.05, 0) is 32.9 Å². The molecule has 29 heavy (non-hydrogen) atoms. The van der Waals surface area contributed by atoms with E-state index in [2.05, 4.69) is 26.4 Å². The van der Waals surface area contributed by atoms with Crippen LogP contribution in [0.2, 0.25) is 0 Å². The van der Waals surface area contributed by atoms with Crippen LogP contribution in [-0.4, -0.2) is 31.3 Å². The molecule has 0 fully saturated rings. The highest BCUT2D eigenvalue weighted by Crippen LogP contribution is 2.44. The van der Waals surface area contributed by atoms with Crippen molar-refractivity contribution in [3.05, 3.63) is 62.6 Å². The molecule has 0 radical (unpaired) electrons. The number of nitrogens with zero attached hydrogens (tertiary/aromatic N) is 1. The second-order valence-electron chi connectivity index (χ2n) is 6.63. The molecule has 0 saturated carbocycles. The van der Waals surface area contributed by atoms with E-state index >= 15 is 0 Å². The lowest BCUT2D eigenvalue weighted by atomic mass is 9.78. The number of carbonyl (C=O) groups is 2. The van der Waals surface area contributed by atoms with Crippen LogP contribution in [0.15, 0.2) is 55.8 Å². The average Bonchev–Trinajstić information content (AvgIpc) is 3.08. The molecule has 0 amide bonds. The van der Waals surface area contributed by atoms with E-state index in [0.29, 0.717) is 39.6 Å². The molecule has 2 heterocycles. The number of nitrogens with one attached hydrogen (secondary N) is 1. The number of hydrogen-bond donors (Lipinski definition) is 1.